The topological polar surface area (TPSA) is 26.0 Å². The molecule has 2 N–H and O–H groups in total. The second kappa shape index (κ2) is 4.88. The largest absolute Gasteiger partial charge is 0.402 e. The van der Waals surface area contributed by atoms with Crippen molar-refractivity contribution in [2.24, 2.45) is 5.73 Å². The maximum absolute atomic E-state index is 11.8. The molecule has 0 rings (SSSR count). The normalized spacial score (nSPS) is 14.3. The molecule has 0 aliphatic carbocycles. The molecule has 0 saturated heterocycles. The number of rotatable bonds is 3. The molecular formula is C8H13F2N. The summed E-state index contributed by atoms with van der Waals surface area (Å²) in [5.74, 6) is 0. The minimum Gasteiger partial charge on any atom is -0.402 e. The van der Waals surface area contributed by atoms with Crippen LogP contribution in [0.2, 0.25) is 0 Å². The maximum Gasteiger partial charge on any atom is 0.259 e. The first-order valence-corrected chi connectivity index (χ1v) is 3.49. The zero-order valence-electron chi connectivity index (χ0n) is 6.77. The van der Waals surface area contributed by atoms with E-state index in [0.29, 0.717) is 12.1 Å². The van der Waals surface area contributed by atoms with Gasteiger partial charge in [0.25, 0.3) is 6.43 Å². The lowest BCUT2D eigenvalue weighted by molar-refractivity contribution is 0.190. The predicted molar refractivity (Wildman–Crippen MR) is 42.3 cm³/mol. The summed E-state index contributed by atoms with van der Waals surface area (Å²) in [5, 5.41) is 0. The van der Waals surface area contributed by atoms with Gasteiger partial charge >= 0.3 is 0 Å². The standard InChI is InChI=1S/C8H13F2N/c1-3-7(11)5-4-6(2)8(9)10/h4-5,8H,3,11H2,1-2H3/b6-4+,7-5+. The van der Waals surface area contributed by atoms with E-state index in [2.05, 4.69) is 0 Å². The summed E-state index contributed by atoms with van der Waals surface area (Å²) in [4.78, 5) is 0. The molecule has 0 aromatic rings. The van der Waals surface area contributed by atoms with Gasteiger partial charge in [-0.3, -0.25) is 0 Å². The molecule has 0 bridgehead atoms. The average Bonchev–Trinajstić information content (AvgIpc) is 1.99. The summed E-state index contributed by atoms with van der Waals surface area (Å²) in [6, 6.07) is 0. The van der Waals surface area contributed by atoms with E-state index < -0.39 is 6.43 Å². The molecule has 0 spiro atoms. The first-order chi connectivity index (χ1) is 5.07. The number of halogens is 2. The van der Waals surface area contributed by atoms with Crippen molar-refractivity contribution >= 4 is 0 Å². The molecule has 3 heteroatoms. The fourth-order valence-electron chi connectivity index (χ4n) is 0.429. The van der Waals surface area contributed by atoms with Crippen LogP contribution >= 0.6 is 0 Å². The van der Waals surface area contributed by atoms with Crippen LogP contribution in [0, 0.1) is 0 Å². The molecule has 1 nitrogen and oxygen atoms in total. The molecule has 11 heavy (non-hydrogen) atoms. The summed E-state index contributed by atoms with van der Waals surface area (Å²) in [7, 11) is 0. The molecule has 0 radical (unpaired) electrons. The Morgan fingerprint density at radius 3 is 2.36 bits per heavy atom. The lowest BCUT2D eigenvalue weighted by Gasteiger charge is -1.96. The summed E-state index contributed by atoms with van der Waals surface area (Å²) < 4.78 is 23.7. The van der Waals surface area contributed by atoms with E-state index >= 15 is 0 Å². The van der Waals surface area contributed by atoms with Gasteiger partial charge in [0.05, 0.1) is 0 Å². The Morgan fingerprint density at radius 2 is 2.00 bits per heavy atom. The highest BCUT2D eigenvalue weighted by molar-refractivity contribution is 5.15. The van der Waals surface area contributed by atoms with Crippen LogP contribution in [-0.2, 0) is 0 Å². The highest BCUT2D eigenvalue weighted by Crippen LogP contribution is 2.07. The molecule has 0 aliphatic rings. The second-order valence-electron chi connectivity index (χ2n) is 2.31. The lowest BCUT2D eigenvalue weighted by Crippen LogP contribution is -1.95. The summed E-state index contributed by atoms with van der Waals surface area (Å²) in [6.45, 7) is 3.25. The average molecular weight is 161 g/mol. The number of nitrogens with two attached hydrogens (primary N) is 1. The monoisotopic (exact) mass is 161 g/mol. The third-order valence-corrected chi connectivity index (χ3v) is 1.31. The van der Waals surface area contributed by atoms with Crippen LogP contribution in [-0.4, -0.2) is 6.43 Å². The minimum absolute atomic E-state index is 0.0430. The summed E-state index contributed by atoms with van der Waals surface area (Å²) >= 11 is 0. The predicted octanol–water partition coefficient (Wildman–Crippen LogP) is 2.45. The molecule has 0 heterocycles. The first kappa shape index (κ1) is 10.1. The van der Waals surface area contributed by atoms with Crippen molar-refractivity contribution in [3.05, 3.63) is 23.4 Å². The minimum atomic E-state index is -2.38. The smallest absolute Gasteiger partial charge is 0.259 e. The molecular weight excluding hydrogens is 148 g/mol. The van der Waals surface area contributed by atoms with Crippen molar-refractivity contribution in [3.63, 3.8) is 0 Å². The molecule has 0 fully saturated rings. The highest BCUT2D eigenvalue weighted by Gasteiger charge is 2.02. The Balaban J connectivity index is 4.11. The van der Waals surface area contributed by atoms with E-state index in [4.69, 9.17) is 5.73 Å². The third kappa shape index (κ3) is 4.53. The number of hydrogen-bond acceptors (Lipinski definition) is 1. The van der Waals surface area contributed by atoms with Crippen LogP contribution in [0.5, 0.6) is 0 Å². The molecule has 0 aromatic carbocycles. The van der Waals surface area contributed by atoms with Crippen LogP contribution in [0.25, 0.3) is 0 Å². The van der Waals surface area contributed by atoms with Crippen LogP contribution in [0.4, 0.5) is 8.78 Å². The Labute approximate surface area is 65.6 Å². The van der Waals surface area contributed by atoms with E-state index in [1.165, 1.54) is 19.1 Å². The fraction of sp³-hybridized carbons (Fsp3) is 0.500. The molecule has 0 aromatic heterocycles. The van der Waals surface area contributed by atoms with Gasteiger partial charge in [-0.05, 0) is 25.0 Å². The third-order valence-electron chi connectivity index (χ3n) is 1.31. The molecule has 64 valence electrons. The second-order valence-corrected chi connectivity index (χ2v) is 2.31. The van der Waals surface area contributed by atoms with Gasteiger partial charge in [-0.1, -0.05) is 13.0 Å². The van der Waals surface area contributed by atoms with Crippen LogP contribution in [0.15, 0.2) is 23.4 Å². The SMILES string of the molecule is CC/C(N)=C\C=C(/C)C(F)F. The van der Waals surface area contributed by atoms with Crippen LogP contribution in [0.3, 0.4) is 0 Å². The Morgan fingerprint density at radius 1 is 1.45 bits per heavy atom. The van der Waals surface area contributed by atoms with Gasteiger partial charge in [-0.25, -0.2) is 8.78 Å². The van der Waals surface area contributed by atoms with E-state index in [1.807, 2.05) is 6.92 Å². The van der Waals surface area contributed by atoms with Gasteiger partial charge in [0.1, 0.15) is 0 Å². The van der Waals surface area contributed by atoms with E-state index in [1.54, 1.807) is 0 Å². The molecule has 0 aliphatic heterocycles. The molecule has 0 amide bonds. The molecule has 0 atom stereocenters. The molecule has 0 saturated carbocycles. The van der Waals surface area contributed by atoms with E-state index in [0.717, 1.165) is 0 Å². The van der Waals surface area contributed by atoms with Crippen LogP contribution < -0.4 is 5.73 Å². The lowest BCUT2D eigenvalue weighted by atomic mass is 10.2. The van der Waals surface area contributed by atoms with Gasteiger partial charge in [0, 0.05) is 5.70 Å². The number of allylic oxidation sites excluding steroid dienone is 4. The summed E-state index contributed by atoms with van der Waals surface area (Å²) in [6.07, 6.45) is 1.17. The zero-order valence-corrected chi connectivity index (χ0v) is 6.77. The Bertz CT molecular complexity index is 171. The highest BCUT2D eigenvalue weighted by atomic mass is 19.3. The van der Waals surface area contributed by atoms with E-state index in [-0.39, 0.29) is 5.57 Å². The maximum atomic E-state index is 11.8. The molecule has 0 unspecified atom stereocenters. The van der Waals surface area contributed by atoms with E-state index in [9.17, 15) is 8.78 Å². The van der Waals surface area contributed by atoms with Crippen molar-refractivity contribution in [1.82, 2.24) is 0 Å². The zero-order chi connectivity index (χ0) is 8.85. The Hall–Kier alpha value is -0.860. The van der Waals surface area contributed by atoms with Crippen molar-refractivity contribution in [3.8, 4) is 0 Å². The fourth-order valence-corrected chi connectivity index (χ4v) is 0.429. The van der Waals surface area contributed by atoms with Gasteiger partial charge < -0.3 is 5.73 Å². The number of hydrogen-bond donors (Lipinski definition) is 1. The number of alkyl halides is 2. The van der Waals surface area contributed by atoms with Crippen molar-refractivity contribution in [2.45, 2.75) is 26.7 Å². The summed E-state index contributed by atoms with van der Waals surface area (Å²) in [5.41, 5.74) is 6.05. The quantitative estimate of drug-likeness (QED) is 0.632. The van der Waals surface area contributed by atoms with Gasteiger partial charge in [-0.2, -0.15) is 0 Å². The van der Waals surface area contributed by atoms with Gasteiger partial charge in [-0.15, -0.1) is 0 Å². The van der Waals surface area contributed by atoms with Crippen molar-refractivity contribution in [1.29, 1.82) is 0 Å². The van der Waals surface area contributed by atoms with Crippen molar-refractivity contribution < 1.29 is 8.78 Å². The van der Waals surface area contributed by atoms with Crippen molar-refractivity contribution in [2.75, 3.05) is 0 Å². The van der Waals surface area contributed by atoms with Gasteiger partial charge in [0.15, 0.2) is 0 Å². The van der Waals surface area contributed by atoms with Gasteiger partial charge in [0.2, 0.25) is 0 Å². The Kier molecular flexibility index (Phi) is 4.50. The first-order valence-electron chi connectivity index (χ1n) is 3.49. The van der Waals surface area contributed by atoms with Crippen LogP contribution in [0.1, 0.15) is 20.3 Å².